The van der Waals surface area contributed by atoms with E-state index in [0.29, 0.717) is 13.2 Å². The Balaban J connectivity index is 1.85. The molecule has 2 heterocycles. The Labute approximate surface area is 133 Å². The second-order valence-electron chi connectivity index (χ2n) is 3.92. The fourth-order valence-electron chi connectivity index (χ4n) is 1.75. The molecule has 100 valence electrons. The van der Waals surface area contributed by atoms with E-state index < -0.39 is 0 Å². The Morgan fingerprint density at radius 1 is 1.21 bits per heavy atom. The van der Waals surface area contributed by atoms with E-state index in [-0.39, 0.29) is 6.29 Å². The van der Waals surface area contributed by atoms with Crippen molar-refractivity contribution in [1.82, 2.24) is 0 Å². The van der Waals surface area contributed by atoms with Gasteiger partial charge in [-0.15, -0.1) is 11.3 Å². The molecule has 1 fully saturated rings. The fourth-order valence-corrected chi connectivity index (χ4v) is 5.05. The van der Waals surface area contributed by atoms with Gasteiger partial charge in [-0.2, -0.15) is 0 Å². The molecule has 0 spiro atoms. The monoisotopic (exact) mass is 376 g/mol. The van der Waals surface area contributed by atoms with Gasteiger partial charge in [0.25, 0.3) is 0 Å². The van der Waals surface area contributed by atoms with E-state index in [2.05, 4.69) is 22.0 Å². The van der Waals surface area contributed by atoms with Crippen molar-refractivity contribution in [1.29, 1.82) is 0 Å². The van der Waals surface area contributed by atoms with Crippen LogP contribution in [0.2, 0.25) is 5.02 Å². The number of hydrogen-bond acceptors (Lipinski definition) is 4. The van der Waals surface area contributed by atoms with Crippen LogP contribution in [0, 0.1) is 0 Å². The Morgan fingerprint density at radius 2 is 1.89 bits per heavy atom. The van der Waals surface area contributed by atoms with Crippen LogP contribution in [0.15, 0.2) is 43.2 Å². The average Bonchev–Trinajstić information content (AvgIpc) is 3.01. The van der Waals surface area contributed by atoms with Crippen LogP contribution < -0.4 is 0 Å². The SMILES string of the molecule is Clc1ccc(Sc2sc(Br)cc2C2OCCO2)cc1. The summed E-state index contributed by atoms with van der Waals surface area (Å²) in [6, 6.07) is 9.89. The highest BCUT2D eigenvalue weighted by molar-refractivity contribution is 9.11. The Bertz CT molecular complexity index is 565. The molecule has 0 aliphatic carbocycles. The summed E-state index contributed by atoms with van der Waals surface area (Å²) >= 11 is 12.8. The molecule has 0 atom stereocenters. The van der Waals surface area contributed by atoms with E-state index in [0.717, 1.165) is 19.3 Å². The molecular formula is C13H10BrClO2S2. The maximum Gasteiger partial charge on any atom is 0.185 e. The van der Waals surface area contributed by atoms with Gasteiger partial charge in [0.05, 0.1) is 21.2 Å². The Hall–Kier alpha value is -0.0400. The smallest absolute Gasteiger partial charge is 0.185 e. The number of thiophene rings is 1. The third-order valence-electron chi connectivity index (χ3n) is 2.59. The average molecular weight is 378 g/mol. The molecule has 0 saturated carbocycles. The van der Waals surface area contributed by atoms with Crippen molar-refractivity contribution < 1.29 is 9.47 Å². The normalized spacial score (nSPS) is 16.1. The van der Waals surface area contributed by atoms with Crippen molar-refractivity contribution in [2.75, 3.05) is 13.2 Å². The van der Waals surface area contributed by atoms with E-state index in [1.165, 1.54) is 4.21 Å². The minimum Gasteiger partial charge on any atom is -0.346 e. The summed E-state index contributed by atoms with van der Waals surface area (Å²) in [6.07, 6.45) is -0.239. The first kappa shape index (κ1) is 13.9. The first-order chi connectivity index (χ1) is 9.22. The standard InChI is InChI=1S/C13H10BrClO2S2/c14-11-7-10(12-16-5-6-17-12)13(19-11)18-9-3-1-8(15)2-4-9/h1-4,7,12H,5-6H2. The van der Waals surface area contributed by atoms with Gasteiger partial charge in [0, 0.05) is 15.5 Å². The summed E-state index contributed by atoms with van der Waals surface area (Å²) in [5.41, 5.74) is 1.09. The second kappa shape index (κ2) is 6.16. The van der Waals surface area contributed by atoms with Crippen LogP contribution in [0.4, 0.5) is 0 Å². The van der Waals surface area contributed by atoms with Crippen molar-refractivity contribution in [2.45, 2.75) is 15.4 Å². The highest BCUT2D eigenvalue weighted by Gasteiger charge is 2.24. The third kappa shape index (κ3) is 3.35. The van der Waals surface area contributed by atoms with Crippen LogP contribution in [0.5, 0.6) is 0 Å². The van der Waals surface area contributed by atoms with Crippen molar-refractivity contribution in [3.63, 3.8) is 0 Å². The molecule has 1 saturated heterocycles. The van der Waals surface area contributed by atoms with Gasteiger partial charge in [-0.25, -0.2) is 0 Å². The van der Waals surface area contributed by atoms with Crippen LogP contribution in [-0.4, -0.2) is 13.2 Å². The Kier molecular flexibility index (Phi) is 4.51. The zero-order chi connectivity index (χ0) is 13.2. The van der Waals surface area contributed by atoms with Crippen molar-refractivity contribution in [3.05, 3.63) is 44.7 Å². The van der Waals surface area contributed by atoms with Crippen LogP contribution in [0.3, 0.4) is 0 Å². The third-order valence-corrected chi connectivity index (χ3v) is 5.72. The molecule has 0 amide bonds. The molecule has 3 rings (SSSR count). The maximum atomic E-state index is 5.90. The van der Waals surface area contributed by atoms with Crippen molar-refractivity contribution in [3.8, 4) is 0 Å². The van der Waals surface area contributed by atoms with Gasteiger partial charge in [-0.05, 0) is 46.3 Å². The summed E-state index contributed by atoms with van der Waals surface area (Å²) in [4.78, 5) is 1.15. The molecule has 6 heteroatoms. The summed E-state index contributed by atoms with van der Waals surface area (Å²) < 4.78 is 13.4. The highest BCUT2D eigenvalue weighted by atomic mass is 79.9. The largest absolute Gasteiger partial charge is 0.346 e. The highest BCUT2D eigenvalue weighted by Crippen LogP contribution is 2.43. The topological polar surface area (TPSA) is 18.5 Å². The molecule has 0 radical (unpaired) electrons. The van der Waals surface area contributed by atoms with E-state index >= 15 is 0 Å². The second-order valence-corrected chi connectivity index (χ2v) is 8.13. The van der Waals surface area contributed by atoms with Gasteiger partial charge in [0.15, 0.2) is 6.29 Å². The first-order valence-corrected chi connectivity index (χ1v) is 8.48. The zero-order valence-corrected chi connectivity index (χ0v) is 13.7. The molecule has 1 aliphatic heterocycles. The van der Waals surface area contributed by atoms with Crippen molar-refractivity contribution >= 4 is 50.6 Å². The molecule has 0 N–H and O–H groups in total. The number of ether oxygens (including phenoxy) is 2. The summed E-state index contributed by atoms with van der Waals surface area (Å²) in [7, 11) is 0. The number of benzene rings is 1. The molecule has 2 aromatic rings. The van der Waals surface area contributed by atoms with Crippen LogP contribution in [-0.2, 0) is 9.47 Å². The predicted octanol–water partition coefficient (Wildman–Crippen LogP) is 5.36. The van der Waals surface area contributed by atoms with Gasteiger partial charge in [0.2, 0.25) is 0 Å². The molecule has 19 heavy (non-hydrogen) atoms. The van der Waals surface area contributed by atoms with E-state index in [1.807, 2.05) is 24.3 Å². The molecule has 1 aromatic carbocycles. The molecule has 1 aliphatic rings. The van der Waals surface area contributed by atoms with E-state index in [9.17, 15) is 0 Å². The minimum atomic E-state index is -0.239. The van der Waals surface area contributed by atoms with Gasteiger partial charge in [-0.3, -0.25) is 0 Å². The molecule has 0 bridgehead atoms. The predicted molar refractivity (Wildman–Crippen MR) is 82.2 cm³/mol. The lowest BCUT2D eigenvalue weighted by Crippen LogP contribution is -1.96. The lowest BCUT2D eigenvalue weighted by Gasteiger charge is -2.09. The lowest BCUT2D eigenvalue weighted by molar-refractivity contribution is -0.0455. The number of rotatable bonds is 3. The van der Waals surface area contributed by atoms with Gasteiger partial charge in [-0.1, -0.05) is 23.4 Å². The zero-order valence-electron chi connectivity index (χ0n) is 9.77. The number of hydrogen-bond donors (Lipinski definition) is 0. The quantitative estimate of drug-likeness (QED) is 0.717. The van der Waals surface area contributed by atoms with Gasteiger partial charge >= 0.3 is 0 Å². The van der Waals surface area contributed by atoms with E-state index in [4.69, 9.17) is 21.1 Å². The van der Waals surface area contributed by atoms with Gasteiger partial charge < -0.3 is 9.47 Å². The summed E-state index contributed by atoms with van der Waals surface area (Å²) in [5, 5.41) is 0.749. The fraction of sp³-hybridized carbons (Fsp3) is 0.231. The van der Waals surface area contributed by atoms with Gasteiger partial charge in [0.1, 0.15) is 0 Å². The first-order valence-electron chi connectivity index (χ1n) is 5.68. The number of halogens is 2. The summed E-state index contributed by atoms with van der Waals surface area (Å²) in [6.45, 7) is 1.31. The molecule has 0 unspecified atom stereocenters. The molecular weight excluding hydrogens is 368 g/mol. The molecule has 1 aromatic heterocycles. The van der Waals surface area contributed by atoms with Crippen LogP contribution in [0.1, 0.15) is 11.9 Å². The Morgan fingerprint density at radius 3 is 2.58 bits per heavy atom. The summed E-state index contributed by atoms with van der Waals surface area (Å²) in [5.74, 6) is 0. The minimum absolute atomic E-state index is 0.239. The maximum absolute atomic E-state index is 5.90. The van der Waals surface area contributed by atoms with Crippen LogP contribution in [0.25, 0.3) is 0 Å². The van der Waals surface area contributed by atoms with Crippen LogP contribution >= 0.6 is 50.6 Å². The lowest BCUT2D eigenvalue weighted by atomic mass is 10.3. The molecule has 2 nitrogen and oxygen atoms in total. The van der Waals surface area contributed by atoms with Crippen molar-refractivity contribution in [2.24, 2.45) is 0 Å². The van der Waals surface area contributed by atoms with E-state index in [1.54, 1.807) is 23.1 Å².